The standard InChI is InChI=1S/C14H22N4O2/c1-10-4-6-11(7-5-10)14(17,12(19)20-2)8-3-9-18-13(15)16/h4-7H,3,8-9,17H2,1-2H3,(H4,15,16,18). The molecule has 0 saturated carbocycles. The van der Waals surface area contributed by atoms with Crippen LogP contribution >= 0.6 is 0 Å². The number of hydrogen-bond acceptors (Lipinski definition) is 4. The van der Waals surface area contributed by atoms with Crippen LogP contribution in [0.15, 0.2) is 29.3 Å². The van der Waals surface area contributed by atoms with Crippen molar-refractivity contribution in [2.75, 3.05) is 13.7 Å². The number of hydrogen-bond donors (Lipinski definition) is 3. The Kier molecular flexibility index (Phi) is 5.52. The van der Waals surface area contributed by atoms with E-state index in [-0.39, 0.29) is 5.96 Å². The van der Waals surface area contributed by atoms with E-state index >= 15 is 0 Å². The number of ether oxygens (including phenoxy) is 1. The molecule has 1 aromatic carbocycles. The van der Waals surface area contributed by atoms with Crippen molar-refractivity contribution >= 4 is 11.9 Å². The molecule has 0 spiro atoms. The summed E-state index contributed by atoms with van der Waals surface area (Å²) in [6.45, 7) is 2.39. The van der Waals surface area contributed by atoms with Crippen LogP contribution in [0.2, 0.25) is 0 Å². The zero-order valence-electron chi connectivity index (χ0n) is 11.9. The van der Waals surface area contributed by atoms with Crippen LogP contribution in [0.4, 0.5) is 0 Å². The van der Waals surface area contributed by atoms with Crippen LogP contribution in [-0.2, 0) is 15.1 Å². The van der Waals surface area contributed by atoms with Crippen LogP contribution in [0.1, 0.15) is 24.0 Å². The van der Waals surface area contributed by atoms with Gasteiger partial charge in [-0.2, -0.15) is 0 Å². The molecule has 1 rings (SSSR count). The third kappa shape index (κ3) is 3.96. The summed E-state index contributed by atoms with van der Waals surface area (Å²) in [5.74, 6) is -0.438. The number of aryl methyl sites for hydroxylation is 1. The molecule has 0 aliphatic carbocycles. The molecule has 110 valence electrons. The minimum atomic E-state index is -1.18. The quantitative estimate of drug-likeness (QED) is 0.301. The van der Waals surface area contributed by atoms with Crippen molar-refractivity contribution in [2.24, 2.45) is 22.2 Å². The average molecular weight is 278 g/mol. The second kappa shape index (κ2) is 6.91. The summed E-state index contributed by atoms with van der Waals surface area (Å²) in [5.41, 5.74) is 17.4. The highest BCUT2D eigenvalue weighted by Crippen LogP contribution is 2.25. The number of nitrogens with two attached hydrogens (primary N) is 3. The SMILES string of the molecule is COC(=O)C(N)(CCCN=C(N)N)c1ccc(C)cc1. The summed E-state index contributed by atoms with van der Waals surface area (Å²) < 4.78 is 4.83. The largest absolute Gasteiger partial charge is 0.467 e. The molecule has 0 fully saturated rings. The van der Waals surface area contributed by atoms with Crippen LogP contribution in [0.3, 0.4) is 0 Å². The van der Waals surface area contributed by atoms with Crippen molar-refractivity contribution in [3.05, 3.63) is 35.4 Å². The van der Waals surface area contributed by atoms with Gasteiger partial charge < -0.3 is 21.9 Å². The lowest BCUT2D eigenvalue weighted by Gasteiger charge is -2.27. The van der Waals surface area contributed by atoms with Crippen LogP contribution in [-0.4, -0.2) is 25.6 Å². The lowest BCUT2D eigenvalue weighted by molar-refractivity contribution is -0.147. The fourth-order valence-corrected chi connectivity index (χ4v) is 1.96. The Morgan fingerprint density at radius 1 is 1.30 bits per heavy atom. The minimum Gasteiger partial charge on any atom is -0.467 e. The van der Waals surface area contributed by atoms with Crippen molar-refractivity contribution in [1.82, 2.24) is 0 Å². The van der Waals surface area contributed by atoms with E-state index in [1.807, 2.05) is 31.2 Å². The van der Waals surface area contributed by atoms with Gasteiger partial charge in [0.1, 0.15) is 5.54 Å². The molecular formula is C14H22N4O2. The summed E-state index contributed by atoms with van der Waals surface area (Å²) in [6, 6.07) is 7.51. The third-order valence-electron chi connectivity index (χ3n) is 3.14. The number of guanidine groups is 1. The van der Waals surface area contributed by atoms with Gasteiger partial charge in [0.2, 0.25) is 0 Å². The van der Waals surface area contributed by atoms with Gasteiger partial charge in [-0.25, -0.2) is 4.79 Å². The minimum absolute atomic E-state index is 0.0287. The van der Waals surface area contributed by atoms with Gasteiger partial charge in [0.15, 0.2) is 5.96 Å². The average Bonchev–Trinajstić information content (AvgIpc) is 2.43. The van der Waals surface area contributed by atoms with Crippen molar-refractivity contribution < 1.29 is 9.53 Å². The molecule has 6 nitrogen and oxygen atoms in total. The summed E-state index contributed by atoms with van der Waals surface area (Å²) in [6.07, 6.45) is 0.983. The van der Waals surface area contributed by atoms with Gasteiger partial charge in [-0.15, -0.1) is 0 Å². The number of esters is 1. The summed E-state index contributed by atoms with van der Waals surface area (Å²) in [7, 11) is 1.33. The monoisotopic (exact) mass is 278 g/mol. The number of carbonyl (C=O) groups is 1. The summed E-state index contributed by atoms with van der Waals surface area (Å²) in [4.78, 5) is 15.9. The molecule has 20 heavy (non-hydrogen) atoms. The maximum absolute atomic E-state index is 12.0. The van der Waals surface area contributed by atoms with Gasteiger partial charge in [-0.3, -0.25) is 4.99 Å². The van der Waals surface area contributed by atoms with E-state index in [1.54, 1.807) is 0 Å². The van der Waals surface area contributed by atoms with E-state index in [0.717, 1.165) is 11.1 Å². The number of aliphatic imine (C=N–C) groups is 1. The van der Waals surface area contributed by atoms with Gasteiger partial charge in [-0.05, 0) is 25.3 Å². The van der Waals surface area contributed by atoms with Gasteiger partial charge in [0.05, 0.1) is 7.11 Å². The second-order valence-corrected chi connectivity index (χ2v) is 4.74. The maximum atomic E-state index is 12.0. The summed E-state index contributed by atoms with van der Waals surface area (Å²) >= 11 is 0. The molecule has 0 amide bonds. The van der Waals surface area contributed by atoms with Crippen molar-refractivity contribution in [3.8, 4) is 0 Å². The molecule has 0 radical (unpaired) electrons. The van der Waals surface area contributed by atoms with E-state index in [0.29, 0.717) is 19.4 Å². The Bertz CT molecular complexity index is 480. The van der Waals surface area contributed by atoms with Crippen LogP contribution in [0.5, 0.6) is 0 Å². The van der Waals surface area contributed by atoms with E-state index < -0.39 is 11.5 Å². The predicted molar refractivity (Wildman–Crippen MR) is 79.0 cm³/mol. The Balaban J connectivity index is 2.89. The highest BCUT2D eigenvalue weighted by Gasteiger charge is 2.36. The zero-order valence-corrected chi connectivity index (χ0v) is 11.9. The van der Waals surface area contributed by atoms with Crippen LogP contribution in [0.25, 0.3) is 0 Å². The third-order valence-corrected chi connectivity index (χ3v) is 3.14. The maximum Gasteiger partial charge on any atom is 0.330 e. The topological polar surface area (TPSA) is 117 Å². The van der Waals surface area contributed by atoms with Crippen molar-refractivity contribution in [2.45, 2.75) is 25.3 Å². The Morgan fingerprint density at radius 2 is 1.90 bits per heavy atom. The molecule has 0 saturated heterocycles. The number of methoxy groups -OCH3 is 1. The van der Waals surface area contributed by atoms with Crippen LogP contribution in [0, 0.1) is 6.92 Å². The van der Waals surface area contributed by atoms with Gasteiger partial charge in [0, 0.05) is 6.54 Å². The van der Waals surface area contributed by atoms with E-state index in [1.165, 1.54) is 7.11 Å². The molecule has 0 aromatic heterocycles. The first kappa shape index (κ1) is 16.0. The highest BCUT2D eigenvalue weighted by atomic mass is 16.5. The molecule has 1 unspecified atom stereocenters. The molecule has 0 heterocycles. The van der Waals surface area contributed by atoms with Crippen LogP contribution < -0.4 is 17.2 Å². The summed E-state index contributed by atoms with van der Waals surface area (Å²) in [5, 5.41) is 0. The van der Waals surface area contributed by atoms with Crippen molar-refractivity contribution in [1.29, 1.82) is 0 Å². The fourth-order valence-electron chi connectivity index (χ4n) is 1.96. The Labute approximate surface area is 119 Å². The lowest BCUT2D eigenvalue weighted by Crippen LogP contribution is -2.45. The second-order valence-electron chi connectivity index (χ2n) is 4.74. The van der Waals surface area contributed by atoms with E-state index in [2.05, 4.69) is 4.99 Å². The first-order valence-electron chi connectivity index (χ1n) is 6.40. The number of carbonyl (C=O) groups excluding carboxylic acids is 1. The molecular weight excluding hydrogens is 256 g/mol. The van der Waals surface area contributed by atoms with Gasteiger partial charge >= 0.3 is 5.97 Å². The lowest BCUT2D eigenvalue weighted by atomic mass is 9.86. The Morgan fingerprint density at radius 3 is 2.40 bits per heavy atom. The first-order valence-corrected chi connectivity index (χ1v) is 6.40. The number of benzene rings is 1. The molecule has 0 aliphatic rings. The smallest absolute Gasteiger partial charge is 0.330 e. The molecule has 6 N–H and O–H groups in total. The molecule has 1 atom stereocenters. The van der Waals surface area contributed by atoms with Gasteiger partial charge in [0.25, 0.3) is 0 Å². The molecule has 6 heteroatoms. The van der Waals surface area contributed by atoms with E-state index in [9.17, 15) is 4.79 Å². The molecule has 0 bridgehead atoms. The molecule has 1 aromatic rings. The first-order chi connectivity index (χ1) is 9.40. The normalized spacial score (nSPS) is 13.3. The zero-order chi connectivity index (χ0) is 15.2. The Hall–Kier alpha value is -2.08. The number of rotatable bonds is 6. The predicted octanol–water partition coefficient (Wildman–Crippen LogP) is 0.376. The van der Waals surface area contributed by atoms with E-state index in [4.69, 9.17) is 21.9 Å². The van der Waals surface area contributed by atoms with Crippen molar-refractivity contribution in [3.63, 3.8) is 0 Å². The number of nitrogens with zero attached hydrogens (tertiary/aromatic N) is 1. The molecule has 0 aliphatic heterocycles. The fraction of sp³-hybridized carbons (Fsp3) is 0.429. The van der Waals surface area contributed by atoms with Gasteiger partial charge in [-0.1, -0.05) is 29.8 Å². The highest BCUT2D eigenvalue weighted by molar-refractivity contribution is 5.82.